The SMILES string of the molecule is CC1CCC2C(C1)CC1CC(C)CCC1C2O. The fourth-order valence-corrected chi connectivity index (χ4v) is 5.19. The van der Waals surface area contributed by atoms with E-state index in [4.69, 9.17) is 0 Å². The van der Waals surface area contributed by atoms with E-state index >= 15 is 0 Å². The molecule has 98 valence electrons. The van der Waals surface area contributed by atoms with E-state index in [1.54, 1.807) is 0 Å². The van der Waals surface area contributed by atoms with E-state index in [9.17, 15) is 5.11 Å². The van der Waals surface area contributed by atoms with Crippen LogP contribution in [0.25, 0.3) is 0 Å². The van der Waals surface area contributed by atoms with Gasteiger partial charge in [0.15, 0.2) is 0 Å². The van der Waals surface area contributed by atoms with Crippen molar-refractivity contribution in [2.24, 2.45) is 35.5 Å². The molecule has 3 rings (SSSR count). The first-order valence-electron chi connectivity index (χ1n) is 7.83. The minimum Gasteiger partial charge on any atom is -0.393 e. The molecule has 3 fully saturated rings. The smallest absolute Gasteiger partial charge is 0.0601 e. The van der Waals surface area contributed by atoms with Crippen LogP contribution in [0.2, 0.25) is 0 Å². The fraction of sp³-hybridized carbons (Fsp3) is 1.00. The molecule has 0 aromatic heterocycles. The first-order chi connectivity index (χ1) is 8.15. The standard InChI is InChI=1S/C16H28O/c1-10-3-5-14-12(7-10)9-13-8-11(2)4-6-15(13)16(14)17/h10-17H,3-9H2,1-2H3. The Labute approximate surface area is 106 Å². The lowest BCUT2D eigenvalue weighted by Crippen LogP contribution is -2.48. The van der Waals surface area contributed by atoms with Crippen molar-refractivity contribution in [2.75, 3.05) is 0 Å². The van der Waals surface area contributed by atoms with Gasteiger partial charge in [-0.3, -0.25) is 0 Å². The Morgan fingerprint density at radius 3 is 1.65 bits per heavy atom. The molecule has 1 heteroatoms. The molecule has 3 aliphatic carbocycles. The molecule has 17 heavy (non-hydrogen) atoms. The summed E-state index contributed by atoms with van der Waals surface area (Å²) < 4.78 is 0. The Morgan fingerprint density at radius 1 is 0.706 bits per heavy atom. The summed E-state index contributed by atoms with van der Waals surface area (Å²) in [4.78, 5) is 0. The Kier molecular flexibility index (Phi) is 3.23. The third-order valence-corrected chi connectivity index (χ3v) is 6.09. The highest BCUT2D eigenvalue weighted by molar-refractivity contribution is 4.96. The molecule has 0 aliphatic heterocycles. The van der Waals surface area contributed by atoms with Gasteiger partial charge in [-0.1, -0.05) is 26.7 Å². The number of rotatable bonds is 0. The first-order valence-corrected chi connectivity index (χ1v) is 7.83. The second-order valence-corrected chi connectivity index (χ2v) is 7.41. The third kappa shape index (κ3) is 2.16. The molecule has 1 N–H and O–H groups in total. The van der Waals surface area contributed by atoms with Crippen molar-refractivity contribution in [1.82, 2.24) is 0 Å². The summed E-state index contributed by atoms with van der Waals surface area (Å²) in [6.07, 6.45) is 9.55. The van der Waals surface area contributed by atoms with Crippen LogP contribution < -0.4 is 0 Å². The largest absolute Gasteiger partial charge is 0.393 e. The summed E-state index contributed by atoms with van der Waals surface area (Å²) in [5.41, 5.74) is 0. The lowest BCUT2D eigenvalue weighted by Gasteiger charge is -2.51. The molecule has 0 spiro atoms. The normalized spacial score (nSPS) is 54.9. The van der Waals surface area contributed by atoms with Gasteiger partial charge >= 0.3 is 0 Å². The average Bonchev–Trinajstić information content (AvgIpc) is 2.28. The second kappa shape index (κ2) is 4.57. The Balaban J connectivity index is 1.74. The molecule has 0 aromatic carbocycles. The summed E-state index contributed by atoms with van der Waals surface area (Å²) in [5, 5.41) is 10.7. The highest BCUT2D eigenvalue weighted by Crippen LogP contribution is 2.51. The zero-order valence-corrected chi connectivity index (χ0v) is 11.4. The lowest BCUT2D eigenvalue weighted by molar-refractivity contribution is -0.0876. The number of hydrogen-bond acceptors (Lipinski definition) is 1. The van der Waals surface area contributed by atoms with Gasteiger partial charge in [-0.15, -0.1) is 0 Å². The van der Waals surface area contributed by atoms with Gasteiger partial charge < -0.3 is 5.11 Å². The van der Waals surface area contributed by atoms with E-state index in [0.29, 0.717) is 11.8 Å². The Hall–Kier alpha value is -0.0400. The van der Waals surface area contributed by atoms with E-state index in [0.717, 1.165) is 23.7 Å². The first kappa shape index (κ1) is 12.0. The minimum absolute atomic E-state index is 0.0405. The molecule has 0 radical (unpaired) electrons. The summed E-state index contributed by atoms with van der Waals surface area (Å²) in [7, 11) is 0. The number of aliphatic hydroxyl groups excluding tert-OH is 1. The minimum atomic E-state index is 0.0405. The maximum Gasteiger partial charge on any atom is 0.0601 e. The number of aliphatic hydroxyl groups is 1. The zero-order chi connectivity index (χ0) is 12.0. The lowest BCUT2D eigenvalue weighted by atomic mass is 9.56. The van der Waals surface area contributed by atoms with Crippen molar-refractivity contribution in [3.63, 3.8) is 0 Å². The monoisotopic (exact) mass is 236 g/mol. The Morgan fingerprint density at radius 2 is 1.18 bits per heavy atom. The van der Waals surface area contributed by atoms with Crippen molar-refractivity contribution >= 4 is 0 Å². The van der Waals surface area contributed by atoms with E-state index in [1.165, 1.54) is 44.9 Å². The molecular weight excluding hydrogens is 208 g/mol. The van der Waals surface area contributed by atoms with E-state index < -0.39 is 0 Å². The van der Waals surface area contributed by atoms with E-state index in [2.05, 4.69) is 13.8 Å². The number of fused-ring (bicyclic) bond motifs is 2. The van der Waals surface area contributed by atoms with Gasteiger partial charge in [0.2, 0.25) is 0 Å². The van der Waals surface area contributed by atoms with Crippen molar-refractivity contribution in [1.29, 1.82) is 0 Å². The molecular formula is C16H28O. The van der Waals surface area contributed by atoms with Crippen LogP contribution in [-0.4, -0.2) is 11.2 Å². The van der Waals surface area contributed by atoms with Crippen LogP contribution in [0.1, 0.15) is 58.8 Å². The van der Waals surface area contributed by atoms with Gasteiger partial charge in [0, 0.05) is 0 Å². The van der Waals surface area contributed by atoms with Gasteiger partial charge in [-0.25, -0.2) is 0 Å². The van der Waals surface area contributed by atoms with Gasteiger partial charge in [-0.2, -0.15) is 0 Å². The Bertz CT molecular complexity index is 245. The van der Waals surface area contributed by atoms with Crippen LogP contribution in [0.3, 0.4) is 0 Å². The molecule has 0 saturated heterocycles. The number of hydrogen-bond donors (Lipinski definition) is 1. The van der Waals surface area contributed by atoms with E-state index in [1.807, 2.05) is 0 Å². The van der Waals surface area contributed by atoms with Crippen molar-refractivity contribution in [3.05, 3.63) is 0 Å². The second-order valence-electron chi connectivity index (χ2n) is 7.41. The summed E-state index contributed by atoms with van der Waals surface area (Å²) in [6, 6.07) is 0. The van der Waals surface area contributed by atoms with Crippen LogP contribution in [0.4, 0.5) is 0 Å². The van der Waals surface area contributed by atoms with Gasteiger partial charge in [0.1, 0.15) is 0 Å². The molecule has 6 unspecified atom stereocenters. The molecule has 3 saturated carbocycles. The molecule has 0 heterocycles. The highest BCUT2D eigenvalue weighted by atomic mass is 16.3. The third-order valence-electron chi connectivity index (χ3n) is 6.09. The molecule has 3 aliphatic rings. The predicted molar refractivity (Wildman–Crippen MR) is 70.6 cm³/mol. The summed E-state index contributed by atoms with van der Waals surface area (Å²) in [6.45, 7) is 4.80. The highest BCUT2D eigenvalue weighted by Gasteiger charge is 2.46. The quantitative estimate of drug-likeness (QED) is 0.677. The van der Waals surface area contributed by atoms with E-state index in [-0.39, 0.29) is 6.10 Å². The molecule has 0 amide bonds. The van der Waals surface area contributed by atoms with Crippen molar-refractivity contribution < 1.29 is 5.11 Å². The van der Waals surface area contributed by atoms with Gasteiger partial charge in [0.25, 0.3) is 0 Å². The van der Waals surface area contributed by atoms with Gasteiger partial charge in [-0.05, 0) is 67.6 Å². The zero-order valence-electron chi connectivity index (χ0n) is 11.4. The van der Waals surface area contributed by atoms with Gasteiger partial charge in [0.05, 0.1) is 6.10 Å². The fourth-order valence-electron chi connectivity index (χ4n) is 5.19. The van der Waals surface area contributed by atoms with Crippen molar-refractivity contribution in [3.8, 4) is 0 Å². The maximum absolute atomic E-state index is 10.7. The van der Waals surface area contributed by atoms with Crippen LogP contribution in [0.15, 0.2) is 0 Å². The van der Waals surface area contributed by atoms with Crippen LogP contribution in [0, 0.1) is 35.5 Å². The van der Waals surface area contributed by atoms with Crippen molar-refractivity contribution in [2.45, 2.75) is 64.9 Å². The molecule has 0 aromatic rings. The topological polar surface area (TPSA) is 20.2 Å². The average molecular weight is 236 g/mol. The van der Waals surface area contributed by atoms with Crippen LogP contribution in [-0.2, 0) is 0 Å². The molecule has 6 atom stereocenters. The maximum atomic E-state index is 10.7. The summed E-state index contributed by atoms with van der Waals surface area (Å²) in [5.74, 6) is 4.81. The predicted octanol–water partition coefficient (Wildman–Crippen LogP) is 3.86. The summed E-state index contributed by atoms with van der Waals surface area (Å²) >= 11 is 0. The molecule has 0 bridgehead atoms. The van der Waals surface area contributed by atoms with Crippen LogP contribution >= 0.6 is 0 Å². The van der Waals surface area contributed by atoms with Crippen LogP contribution in [0.5, 0.6) is 0 Å². The molecule has 1 nitrogen and oxygen atoms in total.